The summed E-state index contributed by atoms with van der Waals surface area (Å²) in [5.41, 5.74) is 6.69. The van der Waals surface area contributed by atoms with Crippen molar-refractivity contribution in [2.24, 2.45) is 5.73 Å². The Balaban J connectivity index is 2.12. The fourth-order valence-electron chi connectivity index (χ4n) is 2.39. The van der Waals surface area contributed by atoms with Crippen molar-refractivity contribution in [2.45, 2.75) is 25.5 Å². The monoisotopic (exact) mass is 323 g/mol. The van der Waals surface area contributed by atoms with Crippen LogP contribution in [0.5, 0.6) is 0 Å². The minimum absolute atomic E-state index is 0.0544. The van der Waals surface area contributed by atoms with Crippen LogP contribution >= 0.6 is 15.9 Å². The molecule has 1 unspecified atom stereocenters. The maximum Gasteiger partial charge on any atom is 0.248 e. The van der Waals surface area contributed by atoms with Crippen LogP contribution in [0.2, 0.25) is 0 Å². The molecule has 100 valence electrons. The standard InChI is InChI=1S/C13H14BrN3O2/c14-10-5-8(13(15)18)6-11-9(10)7-16-17(11)12-3-1-2-4-19-12/h5-7,12H,1-4H2,(H2,15,18). The Morgan fingerprint density at radius 3 is 3.00 bits per heavy atom. The van der Waals surface area contributed by atoms with Crippen molar-refractivity contribution in [1.82, 2.24) is 9.78 Å². The molecule has 1 fully saturated rings. The zero-order chi connectivity index (χ0) is 13.4. The maximum absolute atomic E-state index is 11.3. The van der Waals surface area contributed by atoms with Gasteiger partial charge in [0.25, 0.3) is 0 Å². The first kappa shape index (κ1) is 12.6. The van der Waals surface area contributed by atoms with Crippen LogP contribution < -0.4 is 5.73 Å². The van der Waals surface area contributed by atoms with Crippen molar-refractivity contribution >= 4 is 32.7 Å². The third kappa shape index (κ3) is 2.26. The highest BCUT2D eigenvalue weighted by atomic mass is 79.9. The molecular formula is C13H14BrN3O2. The van der Waals surface area contributed by atoms with E-state index in [9.17, 15) is 4.79 Å². The Morgan fingerprint density at radius 1 is 1.47 bits per heavy atom. The average molecular weight is 324 g/mol. The van der Waals surface area contributed by atoms with E-state index in [1.807, 2.05) is 4.68 Å². The normalized spacial score (nSPS) is 19.7. The number of hydrogen-bond acceptors (Lipinski definition) is 3. The first-order valence-corrected chi connectivity index (χ1v) is 7.04. The average Bonchev–Trinajstić information content (AvgIpc) is 2.84. The SMILES string of the molecule is NC(=O)c1cc(Br)c2cnn(C3CCCCO3)c2c1. The molecule has 3 rings (SSSR count). The minimum atomic E-state index is -0.445. The molecule has 1 atom stereocenters. The number of carbonyl (C=O) groups excluding carboxylic acids is 1. The smallest absolute Gasteiger partial charge is 0.248 e. The predicted octanol–water partition coefficient (Wildman–Crippen LogP) is 2.60. The van der Waals surface area contributed by atoms with Gasteiger partial charge in [0, 0.05) is 22.0 Å². The zero-order valence-corrected chi connectivity index (χ0v) is 11.9. The van der Waals surface area contributed by atoms with Gasteiger partial charge < -0.3 is 10.5 Å². The minimum Gasteiger partial charge on any atom is -0.366 e. The Labute approximate surface area is 118 Å². The Bertz CT molecular complexity index is 632. The molecule has 0 saturated carbocycles. The molecule has 19 heavy (non-hydrogen) atoms. The number of rotatable bonds is 2. The van der Waals surface area contributed by atoms with E-state index >= 15 is 0 Å². The summed E-state index contributed by atoms with van der Waals surface area (Å²) in [6.45, 7) is 0.753. The summed E-state index contributed by atoms with van der Waals surface area (Å²) in [6.07, 6.45) is 4.88. The van der Waals surface area contributed by atoms with E-state index in [4.69, 9.17) is 10.5 Å². The van der Waals surface area contributed by atoms with Crippen molar-refractivity contribution < 1.29 is 9.53 Å². The van der Waals surface area contributed by atoms with E-state index in [0.717, 1.165) is 41.2 Å². The summed E-state index contributed by atoms with van der Waals surface area (Å²) < 4.78 is 8.40. The van der Waals surface area contributed by atoms with Crippen LogP contribution in [0.3, 0.4) is 0 Å². The van der Waals surface area contributed by atoms with Gasteiger partial charge in [-0.2, -0.15) is 5.10 Å². The molecule has 1 aliphatic heterocycles. The summed E-state index contributed by atoms with van der Waals surface area (Å²) in [5.74, 6) is -0.445. The number of benzene rings is 1. The molecule has 0 bridgehead atoms. The molecular weight excluding hydrogens is 310 g/mol. The van der Waals surface area contributed by atoms with Gasteiger partial charge in [-0.1, -0.05) is 15.9 Å². The van der Waals surface area contributed by atoms with Gasteiger partial charge >= 0.3 is 0 Å². The summed E-state index contributed by atoms with van der Waals surface area (Å²) in [7, 11) is 0. The molecule has 2 aromatic rings. The number of ether oxygens (including phenoxy) is 1. The predicted molar refractivity (Wildman–Crippen MR) is 74.8 cm³/mol. The van der Waals surface area contributed by atoms with Crippen molar-refractivity contribution in [2.75, 3.05) is 6.61 Å². The largest absolute Gasteiger partial charge is 0.366 e. The van der Waals surface area contributed by atoms with Gasteiger partial charge in [0.1, 0.15) is 0 Å². The van der Waals surface area contributed by atoms with Gasteiger partial charge in [-0.25, -0.2) is 4.68 Å². The summed E-state index contributed by atoms with van der Waals surface area (Å²) in [6, 6.07) is 3.49. The molecule has 6 heteroatoms. The molecule has 1 amide bonds. The summed E-state index contributed by atoms with van der Waals surface area (Å²) >= 11 is 3.45. The number of carbonyl (C=O) groups is 1. The molecule has 1 aromatic carbocycles. The number of amides is 1. The van der Waals surface area contributed by atoms with Crippen LogP contribution in [-0.2, 0) is 4.74 Å². The van der Waals surface area contributed by atoms with E-state index < -0.39 is 5.91 Å². The molecule has 2 heterocycles. The lowest BCUT2D eigenvalue weighted by Crippen LogP contribution is -2.19. The highest BCUT2D eigenvalue weighted by Crippen LogP contribution is 2.30. The van der Waals surface area contributed by atoms with Crippen LogP contribution in [0.25, 0.3) is 10.9 Å². The molecule has 0 radical (unpaired) electrons. The quantitative estimate of drug-likeness (QED) is 0.923. The lowest BCUT2D eigenvalue weighted by Gasteiger charge is -2.23. The fraction of sp³-hybridized carbons (Fsp3) is 0.385. The molecule has 1 aliphatic rings. The summed E-state index contributed by atoms with van der Waals surface area (Å²) in [4.78, 5) is 11.3. The van der Waals surface area contributed by atoms with Gasteiger partial charge in [0.05, 0.1) is 11.7 Å². The maximum atomic E-state index is 11.3. The second kappa shape index (κ2) is 4.94. The number of nitrogens with two attached hydrogens (primary N) is 1. The number of primary amides is 1. The van der Waals surface area contributed by atoms with Crippen molar-refractivity contribution in [1.29, 1.82) is 0 Å². The Kier molecular flexibility index (Phi) is 3.28. The van der Waals surface area contributed by atoms with E-state index in [1.54, 1.807) is 18.3 Å². The second-order valence-electron chi connectivity index (χ2n) is 4.67. The van der Waals surface area contributed by atoms with Crippen molar-refractivity contribution in [3.05, 3.63) is 28.4 Å². The van der Waals surface area contributed by atoms with Gasteiger partial charge in [-0.3, -0.25) is 4.79 Å². The van der Waals surface area contributed by atoms with Crippen LogP contribution in [0.15, 0.2) is 22.8 Å². The van der Waals surface area contributed by atoms with Crippen molar-refractivity contribution in [3.63, 3.8) is 0 Å². The van der Waals surface area contributed by atoms with Gasteiger partial charge in [-0.15, -0.1) is 0 Å². The molecule has 1 saturated heterocycles. The highest BCUT2D eigenvalue weighted by molar-refractivity contribution is 9.10. The summed E-state index contributed by atoms with van der Waals surface area (Å²) in [5, 5.41) is 5.35. The van der Waals surface area contributed by atoms with Crippen LogP contribution in [-0.4, -0.2) is 22.3 Å². The Hall–Kier alpha value is -1.40. The molecule has 0 spiro atoms. The zero-order valence-electron chi connectivity index (χ0n) is 10.3. The molecule has 1 aromatic heterocycles. The van der Waals surface area contributed by atoms with E-state index in [-0.39, 0.29) is 6.23 Å². The lowest BCUT2D eigenvalue weighted by atomic mass is 10.1. The number of fused-ring (bicyclic) bond motifs is 1. The molecule has 2 N–H and O–H groups in total. The van der Waals surface area contributed by atoms with Crippen molar-refractivity contribution in [3.8, 4) is 0 Å². The van der Waals surface area contributed by atoms with Crippen LogP contribution in [0, 0.1) is 0 Å². The van der Waals surface area contributed by atoms with Crippen LogP contribution in [0.1, 0.15) is 35.8 Å². The molecule has 0 aliphatic carbocycles. The fourth-order valence-corrected chi connectivity index (χ4v) is 2.94. The number of aromatic nitrogens is 2. The third-order valence-corrected chi connectivity index (χ3v) is 4.03. The topological polar surface area (TPSA) is 70.1 Å². The Morgan fingerprint density at radius 2 is 2.32 bits per heavy atom. The van der Waals surface area contributed by atoms with E-state index in [2.05, 4.69) is 21.0 Å². The van der Waals surface area contributed by atoms with E-state index in [0.29, 0.717) is 5.56 Å². The van der Waals surface area contributed by atoms with Crippen LogP contribution in [0.4, 0.5) is 0 Å². The highest BCUT2D eigenvalue weighted by Gasteiger charge is 2.20. The third-order valence-electron chi connectivity index (χ3n) is 3.38. The van der Waals surface area contributed by atoms with Gasteiger partial charge in [0.2, 0.25) is 5.91 Å². The first-order chi connectivity index (χ1) is 9.16. The number of hydrogen-bond donors (Lipinski definition) is 1. The molecule has 5 nitrogen and oxygen atoms in total. The first-order valence-electron chi connectivity index (χ1n) is 6.25. The van der Waals surface area contributed by atoms with Gasteiger partial charge in [0.15, 0.2) is 6.23 Å². The number of halogens is 1. The second-order valence-corrected chi connectivity index (χ2v) is 5.52. The lowest BCUT2D eigenvalue weighted by molar-refractivity contribution is -0.0366. The van der Waals surface area contributed by atoms with E-state index in [1.165, 1.54) is 0 Å². The van der Waals surface area contributed by atoms with Gasteiger partial charge in [-0.05, 0) is 31.4 Å². The number of nitrogens with zero attached hydrogens (tertiary/aromatic N) is 2.